The van der Waals surface area contributed by atoms with Crippen LogP contribution in [0.1, 0.15) is 20.8 Å². The smallest absolute Gasteiger partial charge is 0.243 e. The van der Waals surface area contributed by atoms with Crippen molar-refractivity contribution in [1.29, 1.82) is 0 Å². The van der Waals surface area contributed by atoms with Crippen LogP contribution < -0.4 is 5.32 Å². The molecule has 0 aromatic rings. The lowest BCUT2D eigenvalue weighted by molar-refractivity contribution is -0.121. The lowest BCUT2D eigenvalue weighted by Crippen LogP contribution is -2.42. The van der Waals surface area contributed by atoms with E-state index < -0.39 is 0 Å². The normalized spacial score (nSPS) is 18.8. The van der Waals surface area contributed by atoms with Gasteiger partial charge in [-0.2, -0.15) is 0 Å². The summed E-state index contributed by atoms with van der Waals surface area (Å²) < 4.78 is 0. The number of hydrogen-bond donors (Lipinski definition) is 1. The van der Waals surface area contributed by atoms with Gasteiger partial charge in [0.05, 0.1) is 6.54 Å². The SMILES string of the molecule is CC1=C(C(C)C)NC(=O)CN1C. The summed E-state index contributed by atoms with van der Waals surface area (Å²) in [5.74, 6) is 0.475. The number of rotatable bonds is 1. The summed E-state index contributed by atoms with van der Waals surface area (Å²) in [7, 11) is 1.94. The summed E-state index contributed by atoms with van der Waals surface area (Å²) in [4.78, 5) is 13.1. The van der Waals surface area contributed by atoms with Crippen molar-refractivity contribution in [2.24, 2.45) is 5.92 Å². The summed E-state index contributed by atoms with van der Waals surface area (Å²) in [6.07, 6.45) is 0. The van der Waals surface area contributed by atoms with Gasteiger partial charge in [0.1, 0.15) is 0 Å². The molecule has 1 aliphatic heterocycles. The maximum Gasteiger partial charge on any atom is 0.243 e. The lowest BCUT2D eigenvalue weighted by atomic mass is 10.1. The Bertz CT molecular complexity index is 231. The second-order valence-corrected chi connectivity index (χ2v) is 3.56. The van der Waals surface area contributed by atoms with Gasteiger partial charge in [0.2, 0.25) is 5.91 Å². The van der Waals surface area contributed by atoms with Crippen LogP contribution in [0.4, 0.5) is 0 Å². The van der Waals surface area contributed by atoms with Crippen molar-refractivity contribution in [2.75, 3.05) is 13.6 Å². The molecule has 3 heteroatoms. The molecular weight excluding hydrogens is 152 g/mol. The van der Waals surface area contributed by atoms with Crippen LogP contribution in [0.5, 0.6) is 0 Å². The Labute approximate surface area is 73.4 Å². The molecule has 0 aromatic carbocycles. The Morgan fingerprint density at radius 1 is 1.50 bits per heavy atom. The molecule has 1 N–H and O–H groups in total. The Morgan fingerprint density at radius 2 is 2.08 bits per heavy atom. The van der Waals surface area contributed by atoms with Crippen molar-refractivity contribution in [3.63, 3.8) is 0 Å². The fraction of sp³-hybridized carbons (Fsp3) is 0.667. The highest BCUT2D eigenvalue weighted by Crippen LogP contribution is 2.17. The van der Waals surface area contributed by atoms with Gasteiger partial charge in [0, 0.05) is 18.4 Å². The number of carbonyl (C=O) groups excluding carboxylic acids is 1. The topological polar surface area (TPSA) is 32.3 Å². The van der Waals surface area contributed by atoms with Crippen LogP contribution in [-0.2, 0) is 4.79 Å². The van der Waals surface area contributed by atoms with E-state index in [1.165, 1.54) is 5.70 Å². The minimum atomic E-state index is 0.0896. The molecule has 0 bridgehead atoms. The fourth-order valence-electron chi connectivity index (χ4n) is 1.38. The highest BCUT2D eigenvalue weighted by molar-refractivity contribution is 5.81. The highest BCUT2D eigenvalue weighted by atomic mass is 16.2. The van der Waals surface area contributed by atoms with E-state index in [1.807, 2.05) is 18.9 Å². The number of carbonyl (C=O) groups is 1. The average molecular weight is 168 g/mol. The predicted molar refractivity (Wildman–Crippen MR) is 48.3 cm³/mol. The van der Waals surface area contributed by atoms with Crippen molar-refractivity contribution in [2.45, 2.75) is 20.8 Å². The molecule has 12 heavy (non-hydrogen) atoms. The third kappa shape index (κ3) is 1.60. The van der Waals surface area contributed by atoms with Gasteiger partial charge < -0.3 is 10.2 Å². The zero-order valence-corrected chi connectivity index (χ0v) is 8.14. The first-order valence-corrected chi connectivity index (χ1v) is 4.24. The lowest BCUT2D eigenvalue weighted by Gasteiger charge is -2.30. The second-order valence-electron chi connectivity index (χ2n) is 3.56. The molecule has 0 saturated carbocycles. The van der Waals surface area contributed by atoms with Gasteiger partial charge in [-0.1, -0.05) is 13.8 Å². The zero-order chi connectivity index (χ0) is 9.30. The van der Waals surface area contributed by atoms with E-state index in [0.717, 1.165) is 5.70 Å². The van der Waals surface area contributed by atoms with E-state index in [4.69, 9.17) is 0 Å². The molecule has 0 aromatic heterocycles. The molecule has 1 heterocycles. The summed E-state index contributed by atoms with van der Waals surface area (Å²) in [6, 6.07) is 0. The minimum Gasteiger partial charge on any atom is -0.367 e. The third-order valence-electron chi connectivity index (χ3n) is 2.19. The van der Waals surface area contributed by atoms with Crippen LogP contribution >= 0.6 is 0 Å². The van der Waals surface area contributed by atoms with Gasteiger partial charge in [0.15, 0.2) is 0 Å². The molecule has 0 saturated heterocycles. The third-order valence-corrected chi connectivity index (χ3v) is 2.19. The van der Waals surface area contributed by atoms with E-state index in [2.05, 4.69) is 19.2 Å². The van der Waals surface area contributed by atoms with Crippen LogP contribution in [0.2, 0.25) is 0 Å². The number of nitrogens with zero attached hydrogens (tertiary/aromatic N) is 1. The van der Waals surface area contributed by atoms with E-state index in [1.54, 1.807) is 0 Å². The predicted octanol–water partition coefficient (Wildman–Crippen LogP) is 0.935. The minimum absolute atomic E-state index is 0.0896. The first kappa shape index (κ1) is 9.10. The molecule has 68 valence electrons. The average Bonchev–Trinajstić information content (AvgIpc) is 1.96. The quantitative estimate of drug-likeness (QED) is 0.632. The molecule has 1 aliphatic rings. The summed E-state index contributed by atoms with van der Waals surface area (Å²) in [5, 5.41) is 2.90. The number of amides is 1. The molecule has 1 rings (SSSR count). The maximum atomic E-state index is 11.1. The Kier molecular flexibility index (Phi) is 2.40. The van der Waals surface area contributed by atoms with Crippen molar-refractivity contribution in [1.82, 2.24) is 10.2 Å². The molecule has 0 atom stereocenters. The van der Waals surface area contributed by atoms with Crippen LogP contribution in [0.3, 0.4) is 0 Å². The van der Waals surface area contributed by atoms with Crippen molar-refractivity contribution < 1.29 is 4.79 Å². The van der Waals surface area contributed by atoms with E-state index in [-0.39, 0.29) is 5.91 Å². The molecule has 0 unspecified atom stereocenters. The van der Waals surface area contributed by atoms with Crippen molar-refractivity contribution in [3.05, 3.63) is 11.4 Å². The number of nitrogens with one attached hydrogen (secondary N) is 1. The zero-order valence-electron chi connectivity index (χ0n) is 8.14. The standard InChI is InChI=1S/C9H16N2O/c1-6(2)9-7(3)11(4)5-8(12)10-9/h6H,5H2,1-4H3,(H,10,12). The van der Waals surface area contributed by atoms with Gasteiger partial charge in [-0.25, -0.2) is 0 Å². The molecule has 0 spiro atoms. The van der Waals surface area contributed by atoms with Crippen LogP contribution in [0.25, 0.3) is 0 Å². The summed E-state index contributed by atoms with van der Waals surface area (Å²) in [5.41, 5.74) is 2.22. The number of allylic oxidation sites excluding steroid dienone is 2. The monoisotopic (exact) mass is 168 g/mol. The van der Waals surface area contributed by atoms with Gasteiger partial charge in [-0.05, 0) is 12.8 Å². The molecule has 3 nitrogen and oxygen atoms in total. The summed E-state index contributed by atoms with van der Waals surface area (Å²) in [6.45, 7) is 6.67. The van der Waals surface area contributed by atoms with Crippen LogP contribution in [0, 0.1) is 5.92 Å². The molecule has 0 radical (unpaired) electrons. The number of hydrogen-bond acceptors (Lipinski definition) is 2. The first-order valence-electron chi connectivity index (χ1n) is 4.24. The first-order chi connectivity index (χ1) is 5.52. The summed E-state index contributed by atoms with van der Waals surface area (Å²) >= 11 is 0. The van der Waals surface area contributed by atoms with Crippen molar-refractivity contribution in [3.8, 4) is 0 Å². The van der Waals surface area contributed by atoms with Gasteiger partial charge >= 0.3 is 0 Å². The number of likely N-dealkylation sites (N-methyl/N-ethyl adjacent to an activating group) is 1. The maximum absolute atomic E-state index is 11.1. The molecule has 1 amide bonds. The van der Waals surface area contributed by atoms with Gasteiger partial charge in [-0.15, -0.1) is 0 Å². The largest absolute Gasteiger partial charge is 0.367 e. The molecular formula is C9H16N2O. The van der Waals surface area contributed by atoms with Crippen molar-refractivity contribution >= 4 is 5.91 Å². The van der Waals surface area contributed by atoms with Crippen LogP contribution in [-0.4, -0.2) is 24.4 Å². The van der Waals surface area contributed by atoms with E-state index >= 15 is 0 Å². The highest BCUT2D eigenvalue weighted by Gasteiger charge is 2.20. The van der Waals surface area contributed by atoms with E-state index in [0.29, 0.717) is 12.5 Å². The van der Waals surface area contributed by atoms with Crippen LogP contribution in [0.15, 0.2) is 11.4 Å². The molecule has 0 fully saturated rings. The Hall–Kier alpha value is -0.990. The van der Waals surface area contributed by atoms with Gasteiger partial charge in [-0.3, -0.25) is 4.79 Å². The van der Waals surface area contributed by atoms with E-state index in [9.17, 15) is 4.79 Å². The Balaban J connectivity index is 2.92. The Morgan fingerprint density at radius 3 is 2.58 bits per heavy atom. The van der Waals surface area contributed by atoms with Gasteiger partial charge in [0.25, 0.3) is 0 Å². The second kappa shape index (κ2) is 3.17. The fourth-order valence-corrected chi connectivity index (χ4v) is 1.38. The molecule has 0 aliphatic carbocycles.